The largest absolute Gasteiger partial charge is 0.339 e. The van der Waals surface area contributed by atoms with Crippen LogP contribution in [0.1, 0.15) is 61.9 Å². The van der Waals surface area contributed by atoms with E-state index in [1.54, 1.807) is 12.1 Å². The lowest BCUT2D eigenvalue weighted by atomic mass is 10.1. The van der Waals surface area contributed by atoms with Crippen molar-refractivity contribution in [2.24, 2.45) is 0 Å². The third kappa shape index (κ3) is 4.57. The molecular weight excluding hydrogens is 324 g/mol. The van der Waals surface area contributed by atoms with Crippen molar-refractivity contribution in [1.29, 1.82) is 0 Å². The summed E-state index contributed by atoms with van der Waals surface area (Å²) in [6.45, 7) is 7.23. The second-order valence-electron chi connectivity index (χ2n) is 6.64. The summed E-state index contributed by atoms with van der Waals surface area (Å²) in [5.74, 6) is -0.0640. The number of aryl methyl sites for hydroxylation is 1. The Kier molecular flexibility index (Phi) is 6.40. The van der Waals surface area contributed by atoms with E-state index in [9.17, 15) is 13.2 Å². The fraction of sp³-hybridized carbons (Fsp3) is 0.611. The Hall–Kier alpha value is -1.40. The van der Waals surface area contributed by atoms with Crippen LogP contribution in [0.2, 0.25) is 0 Å². The fourth-order valence-electron chi connectivity index (χ4n) is 3.09. The van der Waals surface area contributed by atoms with Gasteiger partial charge in [-0.2, -0.15) is 0 Å². The van der Waals surface area contributed by atoms with Crippen molar-refractivity contribution in [1.82, 2.24) is 9.62 Å². The number of nitrogens with one attached hydrogen (secondary N) is 1. The van der Waals surface area contributed by atoms with Gasteiger partial charge < -0.3 is 4.90 Å². The third-order valence-corrected chi connectivity index (χ3v) is 6.06. The molecule has 0 aliphatic carbocycles. The molecule has 1 heterocycles. The molecule has 0 bridgehead atoms. The molecule has 1 amide bonds. The molecule has 134 valence electrons. The molecule has 24 heavy (non-hydrogen) atoms. The van der Waals surface area contributed by atoms with Crippen LogP contribution in [0.4, 0.5) is 0 Å². The normalized spacial score (nSPS) is 16.9. The van der Waals surface area contributed by atoms with Gasteiger partial charge in [0.25, 0.3) is 5.91 Å². The highest BCUT2D eigenvalue weighted by atomic mass is 32.2. The van der Waals surface area contributed by atoms with E-state index < -0.39 is 10.0 Å². The summed E-state index contributed by atoms with van der Waals surface area (Å²) in [5, 5.41) is 0. The van der Waals surface area contributed by atoms with E-state index in [4.69, 9.17) is 0 Å². The summed E-state index contributed by atoms with van der Waals surface area (Å²) in [6, 6.07) is 4.69. The zero-order valence-electron chi connectivity index (χ0n) is 14.8. The zero-order valence-corrected chi connectivity index (χ0v) is 15.7. The van der Waals surface area contributed by atoms with Crippen molar-refractivity contribution in [3.8, 4) is 0 Å². The first kappa shape index (κ1) is 18.9. The lowest BCUT2D eigenvalue weighted by Gasteiger charge is -2.27. The van der Waals surface area contributed by atoms with Gasteiger partial charge in [0.05, 0.1) is 4.90 Å². The molecule has 2 rings (SSSR count). The molecule has 0 unspecified atom stereocenters. The van der Waals surface area contributed by atoms with Crippen LogP contribution in [-0.2, 0) is 10.0 Å². The Labute approximate surface area is 145 Å². The number of likely N-dealkylation sites (tertiary alicyclic amines) is 1. The van der Waals surface area contributed by atoms with Gasteiger partial charge >= 0.3 is 0 Å². The van der Waals surface area contributed by atoms with Crippen molar-refractivity contribution in [3.63, 3.8) is 0 Å². The van der Waals surface area contributed by atoms with Crippen molar-refractivity contribution in [3.05, 3.63) is 29.3 Å². The number of piperidine rings is 1. The van der Waals surface area contributed by atoms with Crippen LogP contribution >= 0.6 is 0 Å². The minimum atomic E-state index is -3.61. The van der Waals surface area contributed by atoms with Gasteiger partial charge in [-0.1, -0.05) is 19.4 Å². The Bertz CT molecular complexity index is 680. The highest BCUT2D eigenvalue weighted by Crippen LogP contribution is 2.20. The maximum Gasteiger partial charge on any atom is 0.254 e. The van der Waals surface area contributed by atoms with E-state index in [1.165, 1.54) is 6.07 Å². The second-order valence-corrected chi connectivity index (χ2v) is 8.35. The molecular formula is C18H28N2O3S. The average Bonchev–Trinajstić information content (AvgIpc) is 2.55. The standard InChI is InChI=1S/C18H28N2O3S/c1-4-8-15(3)19-24(22,23)16-10-9-14(2)17(13-16)18(21)20-11-6-5-7-12-20/h9-10,13,15,19H,4-8,11-12H2,1-3H3/t15-/m1/s1. The second kappa shape index (κ2) is 8.12. The van der Waals surface area contributed by atoms with Gasteiger partial charge in [0.15, 0.2) is 0 Å². The predicted molar refractivity (Wildman–Crippen MR) is 95.6 cm³/mol. The number of carbonyl (C=O) groups is 1. The number of nitrogens with zero attached hydrogens (tertiary/aromatic N) is 1. The van der Waals surface area contributed by atoms with E-state index in [0.29, 0.717) is 5.56 Å². The molecule has 0 aromatic heterocycles. The summed E-state index contributed by atoms with van der Waals surface area (Å²) in [4.78, 5) is 14.7. The number of sulfonamides is 1. The van der Waals surface area contributed by atoms with Crippen LogP contribution in [0.15, 0.2) is 23.1 Å². The highest BCUT2D eigenvalue weighted by Gasteiger charge is 2.23. The van der Waals surface area contributed by atoms with Crippen LogP contribution in [0.3, 0.4) is 0 Å². The van der Waals surface area contributed by atoms with Gasteiger partial charge in [0.2, 0.25) is 10.0 Å². The number of hydrogen-bond acceptors (Lipinski definition) is 3. The van der Waals surface area contributed by atoms with Gasteiger partial charge in [0.1, 0.15) is 0 Å². The molecule has 6 heteroatoms. The zero-order chi connectivity index (χ0) is 17.7. The molecule has 1 aliphatic heterocycles. The molecule has 1 aromatic rings. The van der Waals surface area contributed by atoms with E-state index in [0.717, 1.165) is 50.8 Å². The third-order valence-electron chi connectivity index (χ3n) is 4.47. The summed E-state index contributed by atoms with van der Waals surface area (Å²) in [5.41, 5.74) is 1.30. The summed E-state index contributed by atoms with van der Waals surface area (Å²) >= 11 is 0. The maximum absolute atomic E-state index is 12.7. The highest BCUT2D eigenvalue weighted by molar-refractivity contribution is 7.89. The van der Waals surface area contributed by atoms with Crippen LogP contribution in [0.5, 0.6) is 0 Å². The molecule has 0 spiro atoms. The summed E-state index contributed by atoms with van der Waals surface area (Å²) in [7, 11) is -3.61. The van der Waals surface area contributed by atoms with Crippen LogP contribution in [-0.4, -0.2) is 38.4 Å². The number of benzene rings is 1. The summed E-state index contributed by atoms with van der Waals surface area (Å²) < 4.78 is 27.8. The lowest BCUT2D eigenvalue weighted by molar-refractivity contribution is 0.0723. The minimum Gasteiger partial charge on any atom is -0.339 e. The SMILES string of the molecule is CCC[C@@H](C)NS(=O)(=O)c1ccc(C)c(C(=O)N2CCCCC2)c1. The lowest BCUT2D eigenvalue weighted by Crippen LogP contribution is -2.36. The molecule has 0 saturated carbocycles. The van der Waals surface area contributed by atoms with Crippen LogP contribution < -0.4 is 4.72 Å². The van der Waals surface area contributed by atoms with E-state index in [2.05, 4.69) is 4.72 Å². The molecule has 1 atom stereocenters. The first-order chi connectivity index (χ1) is 11.3. The van der Waals surface area contributed by atoms with Gasteiger partial charge in [-0.15, -0.1) is 0 Å². The molecule has 1 saturated heterocycles. The first-order valence-electron chi connectivity index (χ1n) is 8.77. The molecule has 1 fully saturated rings. The monoisotopic (exact) mass is 352 g/mol. The van der Waals surface area contributed by atoms with Crippen molar-refractivity contribution in [2.75, 3.05) is 13.1 Å². The van der Waals surface area contributed by atoms with Gasteiger partial charge in [-0.25, -0.2) is 13.1 Å². The Morgan fingerprint density at radius 1 is 1.25 bits per heavy atom. The van der Waals surface area contributed by atoms with Crippen LogP contribution in [0, 0.1) is 6.92 Å². The maximum atomic E-state index is 12.7. The molecule has 1 N–H and O–H groups in total. The average molecular weight is 353 g/mol. The van der Waals surface area contributed by atoms with E-state index in [1.807, 2.05) is 25.7 Å². The Balaban J connectivity index is 2.25. The van der Waals surface area contributed by atoms with Crippen molar-refractivity contribution >= 4 is 15.9 Å². The molecule has 1 aromatic carbocycles. The Morgan fingerprint density at radius 3 is 2.54 bits per heavy atom. The summed E-state index contributed by atoms with van der Waals surface area (Å²) in [6.07, 6.45) is 4.87. The fourth-order valence-corrected chi connectivity index (χ4v) is 4.39. The number of carbonyl (C=O) groups excluding carboxylic acids is 1. The van der Waals surface area contributed by atoms with E-state index >= 15 is 0 Å². The van der Waals surface area contributed by atoms with Gasteiger partial charge in [0, 0.05) is 24.7 Å². The van der Waals surface area contributed by atoms with Crippen molar-refractivity contribution in [2.45, 2.75) is 63.8 Å². The quantitative estimate of drug-likeness (QED) is 0.855. The smallest absolute Gasteiger partial charge is 0.254 e. The number of hydrogen-bond donors (Lipinski definition) is 1. The molecule has 5 nitrogen and oxygen atoms in total. The predicted octanol–water partition coefficient (Wildman–Crippen LogP) is 3.09. The van der Waals surface area contributed by atoms with Gasteiger partial charge in [-0.3, -0.25) is 4.79 Å². The van der Waals surface area contributed by atoms with Crippen molar-refractivity contribution < 1.29 is 13.2 Å². The molecule has 0 radical (unpaired) electrons. The Morgan fingerprint density at radius 2 is 1.92 bits per heavy atom. The number of rotatable bonds is 6. The van der Waals surface area contributed by atoms with Gasteiger partial charge in [-0.05, 0) is 57.2 Å². The first-order valence-corrected chi connectivity index (χ1v) is 10.3. The van der Waals surface area contributed by atoms with E-state index in [-0.39, 0.29) is 16.8 Å². The minimum absolute atomic E-state index is 0.0640. The molecule has 1 aliphatic rings. The number of amides is 1. The topological polar surface area (TPSA) is 66.5 Å². The van der Waals surface area contributed by atoms with Crippen LogP contribution in [0.25, 0.3) is 0 Å².